The molecule has 2 fully saturated rings. The summed E-state index contributed by atoms with van der Waals surface area (Å²) in [6.07, 6.45) is 3.80. The van der Waals surface area contributed by atoms with Gasteiger partial charge in [0.2, 0.25) is 5.91 Å². The van der Waals surface area contributed by atoms with Crippen LogP contribution in [-0.2, 0) is 11.2 Å². The summed E-state index contributed by atoms with van der Waals surface area (Å²) in [6, 6.07) is 10.2. The van der Waals surface area contributed by atoms with E-state index in [1.54, 1.807) is 0 Å². The fourth-order valence-electron chi connectivity index (χ4n) is 4.15. The van der Waals surface area contributed by atoms with Crippen molar-refractivity contribution in [1.82, 2.24) is 20.1 Å². The molecule has 2 aliphatic rings. The highest BCUT2D eigenvalue weighted by molar-refractivity contribution is 7.13. The zero-order chi connectivity index (χ0) is 20.2. The van der Waals surface area contributed by atoms with Crippen LogP contribution in [0.15, 0.2) is 30.3 Å². The van der Waals surface area contributed by atoms with Crippen molar-refractivity contribution in [2.45, 2.75) is 38.6 Å². The van der Waals surface area contributed by atoms with Crippen LogP contribution in [0, 0.1) is 6.92 Å². The highest BCUT2D eigenvalue weighted by atomic mass is 32.1. The SMILES string of the molecule is Cc1nc(Cc2ccccc2)sc1C(=O)N1CCN([C@H]2CCCCNC2=O)CC1. The van der Waals surface area contributed by atoms with Gasteiger partial charge in [0.15, 0.2) is 0 Å². The second kappa shape index (κ2) is 9.05. The summed E-state index contributed by atoms with van der Waals surface area (Å²) < 4.78 is 0. The minimum Gasteiger partial charge on any atom is -0.355 e. The van der Waals surface area contributed by atoms with E-state index in [-0.39, 0.29) is 17.9 Å². The van der Waals surface area contributed by atoms with Crippen LogP contribution < -0.4 is 5.32 Å². The number of rotatable bonds is 4. The number of hydrogen-bond donors (Lipinski definition) is 1. The highest BCUT2D eigenvalue weighted by Gasteiger charge is 2.32. The Kier molecular flexibility index (Phi) is 6.25. The molecule has 154 valence electrons. The summed E-state index contributed by atoms with van der Waals surface area (Å²) in [5.74, 6) is 0.218. The van der Waals surface area contributed by atoms with Crippen molar-refractivity contribution in [3.05, 3.63) is 51.5 Å². The topological polar surface area (TPSA) is 65.5 Å². The van der Waals surface area contributed by atoms with E-state index in [1.807, 2.05) is 30.0 Å². The van der Waals surface area contributed by atoms with Gasteiger partial charge in [-0.1, -0.05) is 30.3 Å². The third-order valence-corrected chi connectivity index (χ3v) is 6.93. The van der Waals surface area contributed by atoms with Crippen molar-refractivity contribution in [3.63, 3.8) is 0 Å². The number of benzene rings is 1. The van der Waals surface area contributed by atoms with Crippen molar-refractivity contribution >= 4 is 23.2 Å². The van der Waals surface area contributed by atoms with Crippen molar-refractivity contribution in [1.29, 1.82) is 0 Å². The molecule has 0 spiro atoms. The number of aryl methyl sites for hydroxylation is 1. The van der Waals surface area contributed by atoms with E-state index in [0.717, 1.165) is 60.9 Å². The molecule has 0 bridgehead atoms. The van der Waals surface area contributed by atoms with Gasteiger partial charge in [-0.05, 0) is 31.7 Å². The predicted octanol–water partition coefficient (Wildman–Crippen LogP) is 2.47. The average Bonchev–Trinajstić information content (AvgIpc) is 2.96. The van der Waals surface area contributed by atoms with Gasteiger partial charge in [-0.3, -0.25) is 14.5 Å². The first-order chi connectivity index (χ1) is 14.1. The van der Waals surface area contributed by atoms with Crippen LogP contribution in [-0.4, -0.2) is 65.4 Å². The first kappa shape index (κ1) is 20.0. The molecule has 0 unspecified atom stereocenters. The van der Waals surface area contributed by atoms with Gasteiger partial charge in [-0.2, -0.15) is 0 Å². The van der Waals surface area contributed by atoms with E-state index < -0.39 is 0 Å². The number of carbonyl (C=O) groups is 2. The van der Waals surface area contributed by atoms with Gasteiger partial charge in [-0.25, -0.2) is 4.98 Å². The minimum atomic E-state index is -0.0441. The molecule has 4 rings (SSSR count). The number of carbonyl (C=O) groups excluding carboxylic acids is 2. The van der Waals surface area contributed by atoms with Crippen LogP contribution in [0.3, 0.4) is 0 Å². The molecule has 2 saturated heterocycles. The molecular weight excluding hydrogens is 384 g/mol. The molecule has 1 aromatic carbocycles. The molecule has 2 aliphatic heterocycles. The van der Waals surface area contributed by atoms with E-state index in [1.165, 1.54) is 16.9 Å². The lowest BCUT2D eigenvalue weighted by Crippen LogP contribution is -2.55. The largest absolute Gasteiger partial charge is 0.355 e. The summed E-state index contributed by atoms with van der Waals surface area (Å²) in [6.45, 7) is 5.52. The average molecular weight is 413 g/mol. The van der Waals surface area contributed by atoms with Crippen molar-refractivity contribution in [2.75, 3.05) is 32.7 Å². The zero-order valence-electron chi connectivity index (χ0n) is 16.9. The quantitative estimate of drug-likeness (QED) is 0.838. The molecule has 1 aromatic heterocycles. The Morgan fingerprint density at radius 1 is 1.17 bits per heavy atom. The third kappa shape index (κ3) is 4.67. The maximum Gasteiger partial charge on any atom is 0.265 e. The van der Waals surface area contributed by atoms with Gasteiger partial charge in [0.1, 0.15) is 4.88 Å². The fraction of sp³-hybridized carbons (Fsp3) is 0.500. The van der Waals surface area contributed by atoms with Crippen LogP contribution in [0.5, 0.6) is 0 Å². The Bertz CT molecular complexity index is 859. The normalized spacial score (nSPS) is 20.9. The van der Waals surface area contributed by atoms with Crippen molar-refractivity contribution in [3.8, 4) is 0 Å². The molecule has 1 N–H and O–H groups in total. The fourth-order valence-corrected chi connectivity index (χ4v) is 5.22. The molecular formula is C22H28N4O2S. The first-order valence-corrected chi connectivity index (χ1v) is 11.2. The van der Waals surface area contributed by atoms with Crippen LogP contribution in [0.25, 0.3) is 0 Å². The van der Waals surface area contributed by atoms with E-state index >= 15 is 0 Å². The molecule has 0 saturated carbocycles. The standard InChI is InChI=1S/C22H28N4O2S/c1-16-20(29-19(24-16)15-17-7-3-2-4-8-17)22(28)26-13-11-25(12-14-26)18-9-5-6-10-23-21(18)27/h2-4,7-8,18H,5-6,9-15H2,1H3,(H,23,27)/t18-/m0/s1. The maximum absolute atomic E-state index is 13.1. The maximum atomic E-state index is 13.1. The van der Waals surface area contributed by atoms with E-state index in [9.17, 15) is 9.59 Å². The zero-order valence-corrected chi connectivity index (χ0v) is 17.7. The number of aromatic nitrogens is 1. The van der Waals surface area contributed by atoms with Gasteiger partial charge >= 0.3 is 0 Å². The Morgan fingerprint density at radius 3 is 2.69 bits per heavy atom. The number of amides is 2. The smallest absolute Gasteiger partial charge is 0.265 e. The van der Waals surface area contributed by atoms with Crippen LogP contribution >= 0.6 is 11.3 Å². The molecule has 2 aromatic rings. The first-order valence-electron chi connectivity index (χ1n) is 10.4. The lowest BCUT2D eigenvalue weighted by atomic mass is 10.1. The number of hydrogen-bond acceptors (Lipinski definition) is 5. The monoisotopic (exact) mass is 412 g/mol. The highest BCUT2D eigenvalue weighted by Crippen LogP contribution is 2.24. The summed E-state index contributed by atoms with van der Waals surface area (Å²) in [4.78, 5) is 34.9. The molecule has 3 heterocycles. The molecule has 6 nitrogen and oxygen atoms in total. The lowest BCUT2D eigenvalue weighted by Gasteiger charge is -2.38. The Morgan fingerprint density at radius 2 is 1.93 bits per heavy atom. The second-order valence-electron chi connectivity index (χ2n) is 7.82. The van der Waals surface area contributed by atoms with Gasteiger partial charge in [0.25, 0.3) is 5.91 Å². The van der Waals surface area contributed by atoms with Crippen LogP contribution in [0.2, 0.25) is 0 Å². The molecule has 2 amide bonds. The predicted molar refractivity (Wildman–Crippen MR) is 114 cm³/mol. The van der Waals surface area contributed by atoms with E-state index in [0.29, 0.717) is 13.1 Å². The number of nitrogens with zero attached hydrogens (tertiary/aromatic N) is 3. The molecule has 7 heteroatoms. The number of piperazine rings is 1. The van der Waals surface area contributed by atoms with Crippen LogP contribution in [0.1, 0.15) is 45.2 Å². The van der Waals surface area contributed by atoms with E-state index in [2.05, 4.69) is 27.3 Å². The van der Waals surface area contributed by atoms with Crippen molar-refractivity contribution < 1.29 is 9.59 Å². The Labute approximate surface area is 175 Å². The number of thiazole rings is 1. The Hall–Kier alpha value is -2.25. The summed E-state index contributed by atoms with van der Waals surface area (Å²) in [5, 5.41) is 3.99. The minimum absolute atomic E-state index is 0.0441. The van der Waals surface area contributed by atoms with E-state index in [4.69, 9.17) is 0 Å². The van der Waals surface area contributed by atoms with Crippen molar-refractivity contribution in [2.24, 2.45) is 0 Å². The Balaban J connectivity index is 1.38. The van der Waals surface area contributed by atoms with Gasteiger partial charge < -0.3 is 10.2 Å². The molecule has 29 heavy (non-hydrogen) atoms. The van der Waals surface area contributed by atoms with Crippen LogP contribution in [0.4, 0.5) is 0 Å². The summed E-state index contributed by atoms with van der Waals surface area (Å²) >= 11 is 1.51. The van der Waals surface area contributed by atoms with Gasteiger partial charge in [0, 0.05) is 39.1 Å². The molecule has 0 radical (unpaired) electrons. The second-order valence-corrected chi connectivity index (χ2v) is 8.90. The summed E-state index contributed by atoms with van der Waals surface area (Å²) in [7, 11) is 0. The third-order valence-electron chi connectivity index (χ3n) is 5.78. The van der Waals surface area contributed by atoms with Gasteiger partial charge in [-0.15, -0.1) is 11.3 Å². The summed E-state index contributed by atoms with van der Waals surface area (Å²) in [5.41, 5.74) is 2.02. The van der Waals surface area contributed by atoms with Gasteiger partial charge in [0.05, 0.1) is 16.7 Å². The number of nitrogens with one attached hydrogen (secondary N) is 1. The molecule has 0 aliphatic carbocycles. The molecule has 1 atom stereocenters. The lowest BCUT2D eigenvalue weighted by molar-refractivity contribution is -0.126.